The van der Waals surface area contributed by atoms with Gasteiger partial charge in [0.1, 0.15) is 6.04 Å². The van der Waals surface area contributed by atoms with E-state index in [1.165, 1.54) is 21.3 Å². The number of nitrogens with one attached hydrogen (secondary N) is 2. The van der Waals surface area contributed by atoms with Crippen molar-refractivity contribution < 1.29 is 33.3 Å². The number of methoxy groups -OCH3 is 3. The largest absolute Gasteiger partial charge is 0.493 e. The van der Waals surface area contributed by atoms with E-state index in [0.717, 1.165) is 54.1 Å². The molecule has 2 heterocycles. The van der Waals surface area contributed by atoms with Crippen molar-refractivity contribution in [2.45, 2.75) is 57.2 Å². The Bertz CT molecular complexity index is 1650. The Morgan fingerprint density at radius 3 is 2.40 bits per heavy atom. The van der Waals surface area contributed by atoms with Gasteiger partial charge < -0.3 is 38.9 Å². The molecule has 1 atom stereocenters. The van der Waals surface area contributed by atoms with Crippen LogP contribution >= 0.6 is 0 Å². The monoisotopic (exact) mass is 613 g/mol. The lowest BCUT2D eigenvalue weighted by atomic mass is 9.94. The van der Waals surface area contributed by atoms with E-state index in [1.807, 2.05) is 48.7 Å². The minimum absolute atomic E-state index is 0.0342. The van der Waals surface area contributed by atoms with E-state index in [4.69, 9.17) is 23.7 Å². The number of carbonyl (C=O) groups is 2. The molecule has 1 aromatic heterocycles. The minimum Gasteiger partial charge on any atom is -0.493 e. The van der Waals surface area contributed by atoms with Gasteiger partial charge in [0.25, 0.3) is 0 Å². The first kappa shape index (κ1) is 30.2. The van der Waals surface area contributed by atoms with Crippen molar-refractivity contribution in [3.63, 3.8) is 0 Å². The predicted octanol–water partition coefficient (Wildman–Crippen LogP) is 5.68. The summed E-state index contributed by atoms with van der Waals surface area (Å²) in [6.45, 7) is 0.289. The van der Waals surface area contributed by atoms with Crippen LogP contribution < -0.4 is 29.0 Å². The Hall–Kier alpha value is -4.86. The average molecular weight is 614 g/mol. The number of fused-ring (bicyclic) bond motifs is 2. The van der Waals surface area contributed by atoms with Gasteiger partial charge >= 0.3 is 0 Å². The quantitative estimate of drug-likeness (QED) is 0.224. The molecule has 0 spiro atoms. The lowest BCUT2D eigenvalue weighted by molar-refractivity contribution is -0.141. The lowest BCUT2D eigenvalue weighted by Crippen LogP contribution is -2.47. The van der Waals surface area contributed by atoms with Crippen LogP contribution in [0.2, 0.25) is 0 Å². The summed E-state index contributed by atoms with van der Waals surface area (Å²) in [5.74, 6) is 1.98. The second-order valence-electron chi connectivity index (χ2n) is 11.5. The zero-order valence-corrected chi connectivity index (χ0v) is 25.9. The first-order valence-electron chi connectivity index (χ1n) is 15.3. The van der Waals surface area contributed by atoms with Gasteiger partial charge in [-0.05, 0) is 59.9 Å². The fourth-order valence-corrected chi connectivity index (χ4v) is 6.36. The number of aromatic nitrogens is 1. The van der Waals surface area contributed by atoms with Crippen molar-refractivity contribution in [3.8, 4) is 28.7 Å². The maximum absolute atomic E-state index is 14.5. The summed E-state index contributed by atoms with van der Waals surface area (Å²) in [5, 5.41) is 4.24. The van der Waals surface area contributed by atoms with E-state index < -0.39 is 6.04 Å². The molecule has 1 saturated carbocycles. The number of hydrogen-bond acceptors (Lipinski definition) is 7. The molecule has 4 aromatic rings. The van der Waals surface area contributed by atoms with Crippen LogP contribution in [0.15, 0.2) is 60.8 Å². The van der Waals surface area contributed by atoms with Crippen molar-refractivity contribution >= 4 is 22.7 Å². The molecule has 1 fully saturated rings. The molecular formula is C35H39N3O7. The van der Waals surface area contributed by atoms with E-state index in [2.05, 4.69) is 10.3 Å². The van der Waals surface area contributed by atoms with Crippen LogP contribution in [0.5, 0.6) is 28.7 Å². The van der Waals surface area contributed by atoms with Crippen LogP contribution in [0.1, 0.15) is 54.8 Å². The van der Waals surface area contributed by atoms with Crippen molar-refractivity contribution in [3.05, 3.63) is 77.5 Å². The summed E-state index contributed by atoms with van der Waals surface area (Å²) in [5.41, 5.74) is 3.14. The Kier molecular flexibility index (Phi) is 9.00. The third-order valence-electron chi connectivity index (χ3n) is 8.64. The molecule has 1 aliphatic carbocycles. The molecular weight excluding hydrogens is 574 g/mol. The van der Waals surface area contributed by atoms with E-state index in [9.17, 15) is 9.59 Å². The number of nitrogens with zero attached hydrogens (tertiary/aromatic N) is 1. The van der Waals surface area contributed by atoms with Crippen molar-refractivity contribution in [1.82, 2.24) is 15.2 Å². The normalized spacial score (nSPS) is 15.0. The highest BCUT2D eigenvalue weighted by Gasteiger charge is 2.35. The molecule has 3 aromatic carbocycles. The van der Waals surface area contributed by atoms with Crippen LogP contribution in [0.4, 0.5) is 0 Å². The van der Waals surface area contributed by atoms with Gasteiger partial charge in [0.05, 0.1) is 27.8 Å². The molecule has 2 N–H and O–H groups in total. The fourth-order valence-electron chi connectivity index (χ4n) is 6.36. The van der Waals surface area contributed by atoms with Gasteiger partial charge in [-0.15, -0.1) is 0 Å². The van der Waals surface area contributed by atoms with Gasteiger partial charge in [0, 0.05) is 29.7 Å². The maximum Gasteiger partial charge on any atom is 0.247 e. The summed E-state index contributed by atoms with van der Waals surface area (Å²) in [4.78, 5) is 33.9. The van der Waals surface area contributed by atoms with Crippen molar-refractivity contribution in [2.24, 2.45) is 0 Å². The molecule has 6 rings (SSSR count). The van der Waals surface area contributed by atoms with Gasteiger partial charge in [0.2, 0.25) is 24.4 Å². The lowest BCUT2D eigenvalue weighted by Gasteiger charge is -2.34. The smallest absolute Gasteiger partial charge is 0.247 e. The molecule has 1 aliphatic heterocycles. The third kappa shape index (κ3) is 6.36. The van der Waals surface area contributed by atoms with Crippen LogP contribution in [0, 0.1) is 0 Å². The number of H-pyrrole nitrogens is 1. The van der Waals surface area contributed by atoms with Gasteiger partial charge in [0.15, 0.2) is 23.0 Å². The Morgan fingerprint density at radius 2 is 1.67 bits per heavy atom. The van der Waals surface area contributed by atoms with E-state index in [-0.39, 0.29) is 37.6 Å². The maximum atomic E-state index is 14.5. The summed E-state index contributed by atoms with van der Waals surface area (Å²) in [6, 6.07) is 16.0. The highest BCUT2D eigenvalue weighted by molar-refractivity contribution is 5.93. The zero-order chi connectivity index (χ0) is 31.3. The molecule has 2 aliphatic rings. The number of carbonyl (C=O) groups excluding carboxylic acids is 2. The average Bonchev–Trinajstić information content (AvgIpc) is 3.71. The number of hydrogen-bond donors (Lipinski definition) is 2. The number of para-hydroxylation sites is 1. The zero-order valence-electron chi connectivity index (χ0n) is 25.9. The standard InChI is InChI=1S/C35H39N3O7/c1-41-30-16-23(17-31(42-2)34(30)43-3)33(35(40)37-25-9-5-4-6-10-25)38(20-22-13-14-28-29(15-22)45-21-44-28)32(39)18-24-19-36-27-12-8-7-11-26(24)27/h7-8,11-17,19,25,33,36H,4-6,9-10,18,20-21H2,1-3H3,(H,37,40)/t33-/m1/s1. The topological polar surface area (TPSA) is 111 Å². The highest BCUT2D eigenvalue weighted by atomic mass is 16.7. The number of amides is 2. The van der Waals surface area contributed by atoms with E-state index >= 15 is 0 Å². The number of aromatic amines is 1. The fraction of sp³-hybridized carbons (Fsp3) is 0.371. The molecule has 2 amide bonds. The molecule has 0 unspecified atom stereocenters. The summed E-state index contributed by atoms with van der Waals surface area (Å²) >= 11 is 0. The van der Waals surface area contributed by atoms with E-state index in [1.54, 1.807) is 17.0 Å². The molecule has 0 bridgehead atoms. The summed E-state index contributed by atoms with van der Waals surface area (Å²) < 4.78 is 28.1. The van der Waals surface area contributed by atoms with Crippen molar-refractivity contribution in [2.75, 3.05) is 28.1 Å². The minimum atomic E-state index is -0.997. The molecule has 0 radical (unpaired) electrons. The number of rotatable bonds is 11. The molecule has 10 nitrogen and oxygen atoms in total. The highest BCUT2D eigenvalue weighted by Crippen LogP contribution is 2.42. The Balaban J connectivity index is 1.44. The second-order valence-corrected chi connectivity index (χ2v) is 11.5. The molecule has 236 valence electrons. The SMILES string of the molecule is COc1cc([C@H](C(=O)NC2CCCCC2)N(Cc2ccc3c(c2)OCO3)C(=O)Cc2c[nH]c3ccccc23)cc(OC)c1OC. The molecule has 10 heteroatoms. The van der Waals surface area contributed by atoms with Gasteiger partial charge in [-0.3, -0.25) is 9.59 Å². The van der Waals surface area contributed by atoms with E-state index in [0.29, 0.717) is 34.3 Å². The summed E-state index contributed by atoms with van der Waals surface area (Å²) in [7, 11) is 4.60. The predicted molar refractivity (Wildman–Crippen MR) is 169 cm³/mol. The summed E-state index contributed by atoms with van der Waals surface area (Å²) in [6.07, 6.45) is 7.02. The number of ether oxygens (including phenoxy) is 5. The van der Waals surface area contributed by atoms with Crippen LogP contribution in [-0.4, -0.2) is 55.9 Å². The van der Waals surface area contributed by atoms with Gasteiger partial charge in [-0.25, -0.2) is 0 Å². The van der Waals surface area contributed by atoms with Gasteiger partial charge in [-0.1, -0.05) is 43.5 Å². The first-order valence-corrected chi connectivity index (χ1v) is 15.3. The molecule has 0 saturated heterocycles. The van der Waals surface area contributed by atoms with Crippen LogP contribution in [0.25, 0.3) is 10.9 Å². The Morgan fingerprint density at radius 1 is 0.933 bits per heavy atom. The van der Waals surface area contributed by atoms with Crippen LogP contribution in [-0.2, 0) is 22.6 Å². The Labute approximate surface area is 262 Å². The van der Waals surface area contributed by atoms with Crippen LogP contribution in [0.3, 0.4) is 0 Å². The number of benzene rings is 3. The van der Waals surface area contributed by atoms with Crippen molar-refractivity contribution in [1.29, 1.82) is 0 Å². The van der Waals surface area contributed by atoms with Gasteiger partial charge in [-0.2, -0.15) is 0 Å². The first-order chi connectivity index (χ1) is 22.0. The second kappa shape index (κ2) is 13.4. The third-order valence-corrected chi connectivity index (χ3v) is 8.64. The molecule has 45 heavy (non-hydrogen) atoms.